The number of piperidine rings is 1. The van der Waals surface area contributed by atoms with Gasteiger partial charge in [0.2, 0.25) is 0 Å². The summed E-state index contributed by atoms with van der Waals surface area (Å²) in [6, 6.07) is 6.07. The number of halogens is 1. The molecule has 3 aromatic rings. The van der Waals surface area contributed by atoms with E-state index in [9.17, 15) is 9.18 Å². The number of benzene rings is 1. The first-order valence-corrected chi connectivity index (χ1v) is 8.86. The fourth-order valence-electron chi connectivity index (χ4n) is 3.64. The molecule has 27 heavy (non-hydrogen) atoms. The second-order valence-electron chi connectivity index (χ2n) is 6.76. The highest BCUT2D eigenvalue weighted by atomic mass is 19.1. The Morgan fingerprint density at radius 3 is 2.96 bits per heavy atom. The minimum absolute atomic E-state index is 0.115. The van der Waals surface area contributed by atoms with Gasteiger partial charge in [0.15, 0.2) is 0 Å². The molecule has 1 saturated heterocycles. The summed E-state index contributed by atoms with van der Waals surface area (Å²) in [5, 5.41) is 4.27. The van der Waals surface area contributed by atoms with Gasteiger partial charge in [-0.15, -0.1) is 0 Å². The smallest absolute Gasteiger partial charge is 0.254 e. The molecule has 1 atom stereocenters. The van der Waals surface area contributed by atoms with Crippen molar-refractivity contribution < 1.29 is 13.9 Å². The number of rotatable bonds is 3. The molecule has 0 saturated carbocycles. The highest BCUT2D eigenvalue weighted by Gasteiger charge is 2.28. The van der Waals surface area contributed by atoms with Crippen LogP contribution in [0, 0.1) is 12.7 Å². The van der Waals surface area contributed by atoms with E-state index in [-0.39, 0.29) is 11.8 Å². The Morgan fingerprint density at radius 1 is 1.30 bits per heavy atom. The van der Waals surface area contributed by atoms with Crippen molar-refractivity contribution >= 4 is 11.7 Å². The van der Waals surface area contributed by atoms with Crippen LogP contribution in [0.1, 0.15) is 40.5 Å². The Hall–Kier alpha value is -3.03. The Kier molecular flexibility index (Phi) is 4.47. The van der Waals surface area contributed by atoms with Crippen molar-refractivity contribution in [3.8, 4) is 5.75 Å². The lowest BCUT2D eigenvalue weighted by Gasteiger charge is -2.33. The van der Waals surface area contributed by atoms with E-state index in [0.717, 1.165) is 24.2 Å². The standard InChI is InChI=1S/C19H20FN5O2/c1-12-6-17(25-19(23-12)21-11-22-25)13-4-3-5-24(10-13)18(26)14-7-15(20)9-16(8-14)27-2/h6-9,11,13H,3-5,10H2,1-2H3. The Morgan fingerprint density at radius 2 is 2.15 bits per heavy atom. The molecule has 4 rings (SSSR count). The number of nitrogens with zero attached hydrogens (tertiary/aromatic N) is 5. The van der Waals surface area contributed by atoms with Crippen molar-refractivity contribution in [1.82, 2.24) is 24.5 Å². The van der Waals surface area contributed by atoms with Crippen molar-refractivity contribution in [3.05, 3.63) is 53.4 Å². The van der Waals surface area contributed by atoms with Gasteiger partial charge in [0.1, 0.15) is 17.9 Å². The molecule has 0 N–H and O–H groups in total. The number of aryl methyl sites for hydroxylation is 1. The largest absolute Gasteiger partial charge is 0.497 e. The van der Waals surface area contributed by atoms with Crippen LogP contribution in [0.25, 0.3) is 5.78 Å². The molecule has 2 aromatic heterocycles. The summed E-state index contributed by atoms with van der Waals surface area (Å²) in [4.78, 5) is 23.2. The number of aromatic nitrogens is 4. The topological polar surface area (TPSA) is 72.6 Å². The molecule has 1 unspecified atom stereocenters. The van der Waals surface area contributed by atoms with E-state index in [0.29, 0.717) is 30.2 Å². The van der Waals surface area contributed by atoms with E-state index in [1.807, 2.05) is 13.0 Å². The molecular weight excluding hydrogens is 349 g/mol. The van der Waals surface area contributed by atoms with E-state index in [1.54, 1.807) is 15.5 Å². The monoisotopic (exact) mass is 369 g/mol. The molecule has 7 nitrogen and oxygen atoms in total. The van der Waals surface area contributed by atoms with Crippen LogP contribution in [0.3, 0.4) is 0 Å². The average Bonchev–Trinajstić information content (AvgIpc) is 3.14. The van der Waals surface area contributed by atoms with Gasteiger partial charge >= 0.3 is 0 Å². The van der Waals surface area contributed by atoms with Crippen molar-refractivity contribution in [2.24, 2.45) is 0 Å². The van der Waals surface area contributed by atoms with Crippen LogP contribution in [0.2, 0.25) is 0 Å². The molecule has 1 fully saturated rings. The summed E-state index contributed by atoms with van der Waals surface area (Å²) < 4.78 is 20.6. The van der Waals surface area contributed by atoms with Crippen molar-refractivity contribution in [2.45, 2.75) is 25.7 Å². The number of hydrogen-bond donors (Lipinski definition) is 0. The predicted molar refractivity (Wildman–Crippen MR) is 96.3 cm³/mol. The Bertz CT molecular complexity index is 1000. The summed E-state index contributed by atoms with van der Waals surface area (Å²) in [6.07, 6.45) is 3.28. The van der Waals surface area contributed by atoms with Gasteiger partial charge in [-0.1, -0.05) is 0 Å². The summed E-state index contributed by atoms with van der Waals surface area (Å²) in [5.74, 6) is 0.326. The van der Waals surface area contributed by atoms with Crippen LogP contribution >= 0.6 is 0 Å². The fraction of sp³-hybridized carbons (Fsp3) is 0.368. The van der Waals surface area contributed by atoms with Crippen molar-refractivity contribution in [1.29, 1.82) is 0 Å². The zero-order valence-corrected chi connectivity index (χ0v) is 15.2. The maximum absolute atomic E-state index is 13.8. The lowest BCUT2D eigenvalue weighted by molar-refractivity contribution is 0.0704. The molecule has 140 valence electrons. The van der Waals surface area contributed by atoms with E-state index in [4.69, 9.17) is 4.74 Å². The number of fused-ring (bicyclic) bond motifs is 1. The molecule has 1 aliphatic rings. The molecule has 0 aliphatic carbocycles. The number of amides is 1. The zero-order chi connectivity index (χ0) is 19.0. The summed E-state index contributed by atoms with van der Waals surface area (Å²) >= 11 is 0. The normalized spacial score (nSPS) is 17.3. The lowest BCUT2D eigenvalue weighted by atomic mass is 9.93. The summed E-state index contributed by atoms with van der Waals surface area (Å²) in [7, 11) is 1.45. The van der Waals surface area contributed by atoms with Crippen LogP contribution < -0.4 is 4.74 Å². The van der Waals surface area contributed by atoms with Gasteiger partial charge in [-0.25, -0.2) is 13.9 Å². The third kappa shape index (κ3) is 3.34. The number of carbonyl (C=O) groups is 1. The minimum Gasteiger partial charge on any atom is -0.497 e. The number of likely N-dealkylation sites (tertiary alicyclic amines) is 1. The number of methoxy groups -OCH3 is 1. The van der Waals surface area contributed by atoms with Crippen molar-refractivity contribution in [2.75, 3.05) is 20.2 Å². The molecule has 0 radical (unpaired) electrons. The fourth-order valence-corrected chi connectivity index (χ4v) is 3.64. The van der Waals surface area contributed by atoms with Gasteiger partial charge in [0.05, 0.1) is 12.8 Å². The zero-order valence-electron chi connectivity index (χ0n) is 15.2. The molecule has 1 aliphatic heterocycles. The van der Waals surface area contributed by atoms with Crippen LogP contribution in [0.4, 0.5) is 4.39 Å². The molecule has 1 amide bonds. The van der Waals surface area contributed by atoms with Crippen LogP contribution in [0.5, 0.6) is 5.75 Å². The highest BCUT2D eigenvalue weighted by molar-refractivity contribution is 5.94. The average molecular weight is 369 g/mol. The first kappa shape index (κ1) is 17.4. The summed E-state index contributed by atoms with van der Waals surface area (Å²) in [5.41, 5.74) is 2.15. The Balaban J connectivity index is 1.62. The van der Waals surface area contributed by atoms with E-state index in [1.165, 1.54) is 25.6 Å². The molecule has 3 heterocycles. The van der Waals surface area contributed by atoms with Crippen LogP contribution in [-0.4, -0.2) is 50.6 Å². The first-order chi connectivity index (χ1) is 13.0. The minimum atomic E-state index is -0.486. The van der Waals surface area contributed by atoms with Crippen LogP contribution in [-0.2, 0) is 0 Å². The third-order valence-corrected chi connectivity index (χ3v) is 4.89. The summed E-state index contributed by atoms with van der Waals surface area (Å²) in [6.45, 7) is 3.09. The first-order valence-electron chi connectivity index (χ1n) is 8.86. The lowest BCUT2D eigenvalue weighted by Crippen LogP contribution is -2.39. The third-order valence-electron chi connectivity index (χ3n) is 4.89. The SMILES string of the molecule is COc1cc(F)cc(C(=O)N2CCCC(c3cc(C)nc4ncnn34)C2)c1. The second-order valence-corrected chi connectivity index (χ2v) is 6.76. The Labute approximate surface area is 155 Å². The molecule has 0 spiro atoms. The van der Waals surface area contributed by atoms with Gasteiger partial charge in [0, 0.05) is 36.3 Å². The number of carbonyl (C=O) groups excluding carboxylic acids is 1. The molecule has 8 heteroatoms. The van der Waals surface area contributed by atoms with Gasteiger partial charge in [-0.05, 0) is 38.0 Å². The maximum Gasteiger partial charge on any atom is 0.254 e. The quantitative estimate of drug-likeness (QED) is 0.710. The molecule has 1 aromatic carbocycles. The maximum atomic E-state index is 13.8. The van der Waals surface area contributed by atoms with Gasteiger partial charge in [0.25, 0.3) is 11.7 Å². The molecule has 0 bridgehead atoms. The van der Waals surface area contributed by atoms with Gasteiger partial charge < -0.3 is 9.64 Å². The predicted octanol–water partition coefficient (Wildman–Crippen LogP) is 2.60. The highest BCUT2D eigenvalue weighted by Crippen LogP contribution is 2.28. The number of hydrogen-bond acceptors (Lipinski definition) is 5. The van der Waals surface area contributed by atoms with Gasteiger partial charge in [-0.3, -0.25) is 4.79 Å². The van der Waals surface area contributed by atoms with E-state index in [2.05, 4.69) is 15.1 Å². The molecular formula is C19H20FN5O2. The van der Waals surface area contributed by atoms with Crippen molar-refractivity contribution in [3.63, 3.8) is 0 Å². The van der Waals surface area contributed by atoms with Crippen LogP contribution in [0.15, 0.2) is 30.6 Å². The van der Waals surface area contributed by atoms with Gasteiger partial charge in [-0.2, -0.15) is 10.1 Å². The second kappa shape index (κ2) is 6.94. The van der Waals surface area contributed by atoms with E-state index < -0.39 is 5.82 Å². The number of ether oxygens (including phenoxy) is 1. The van der Waals surface area contributed by atoms with E-state index >= 15 is 0 Å².